The van der Waals surface area contributed by atoms with E-state index in [1.807, 2.05) is 6.92 Å². The highest BCUT2D eigenvalue weighted by atomic mass is 19.3. The van der Waals surface area contributed by atoms with E-state index in [-0.39, 0.29) is 18.3 Å². The molecular weight excluding hydrogens is 344 g/mol. The smallest absolute Gasteiger partial charge is 0.387 e. The normalized spacial score (nSPS) is 11.7. The highest BCUT2D eigenvalue weighted by molar-refractivity contribution is 5.78. The first kappa shape index (κ1) is 19.5. The maximum atomic E-state index is 12.6. The molecule has 1 amide bonds. The third kappa shape index (κ3) is 5.34. The lowest BCUT2D eigenvalue weighted by atomic mass is 10.0. The van der Waals surface area contributed by atoms with Crippen molar-refractivity contribution in [3.8, 4) is 17.2 Å². The van der Waals surface area contributed by atoms with Crippen LogP contribution in [0, 0.1) is 0 Å². The second-order valence-electron chi connectivity index (χ2n) is 5.38. The SMILES string of the molecule is CCC(NC(=O)COc1ccccc1OC)c1ccccc1OC(F)F. The standard InChI is InChI=1S/C19H21F2NO4/c1-3-14(13-8-4-5-9-15(13)26-19(20)21)22-18(23)12-25-17-11-7-6-10-16(17)24-2/h4-11,14,19H,3,12H2,1-2H3,(H,22,23). The summed E-state index contributed by atoms with van der Waals surface area (Å²) in [5.74, 6) is 0.623. The molecule has 2 aromatic carbocycles. The van der Waals surface area contributed by atoms with Gasteiger partial charge in [0.1, 0.15) is 5.75 Å². The Bertz CT molecular complexity index is 724. The number of amides is 1. The van der Waals surface area contributed by atoms with Crippen molar-refractivity contribution in [2.24, 2.45) is 0 Å². The minimum atomic E-state index is -2.93. The van der Waals surface area contributed by atoms with Gasteiger partial charge in [0, 0.05) is 5.56 Å². The highest BCUT2D eigenvalue weighted by Gasteiger charge is 2.19. The summed E-state index contributed by atoms with van der Waals surface area (Å²) in [6.07, 6.45) is 0.504. The van der Waals surface area contributed by atoms with Gasteiger partial charge in [-0.25, -0.2) is 0 Å². The van der Waals surface area contributed by atoms with E-state index in [1.165, 1.54) is 13.2 Å². The number of carbonyl (C=O) groups excluding carboxylic acids is 1. The van der Waals surface area contributed by atoms with Crippen LogP contribution in [0.25, 0.3) is 0 Å². The average molecular weight is 365 g/mol. The van der Waals surface area contributed by atoms with Crippen LogP contribution < -0.4 is 19.5 Å². The van der Waals surface area contributed by atoms with Crippen LogP contribution in [0.15, 0.2) is 48.5 Å². The first-order valence-electron chi connectivity index (χ1n) is 8.14. The molecule has 0 aliphatic heterocycles. The monoisotopic (exact) mass is 365 g/mol. The number of halogens is 2. The number of alkyl halides is 2. The fraction of sp³-hybridized carbons (Fsp3) is 0.316. The molecule has 0 fully saturated rings. The fourth-order valence-electron chi connectivity index (χ4n) is 2.49. The van der Waals surface area contributed by atoms with Crippen LogP contribution in [0.2, 0.25) is 0 Å². The molecule has 0 aliphatic rings. The number of hydrogen-bond acceptors (Lipinski definition) is 4. The van der Waals surface area contributed by atoms with E-state index in [9.17, 15) is 13.6 Å². The molecule has 1 atom stereocenters. The van der Waals surface area contributed by atoms with Crippen molar-refractivity contribution in [3.05, 3.63) is 54.1 Å². The van der Waals surface area contributed by atoms with Gasteiger partial charge in [0.2, 0.25) is 0 Å². The lowest BCUT2D eigenvalue weighted by molar-refractivity contribution is -0.123. The molecular formula is C19H21F2NO4. The molecule has 2 rings (SSSR count). The van der Waals surface area contributed by atoms with E-state index in [0.717, 1.165) is 0 Å². The Morgan fingerprint density at radius 2 is 1.65 bits per heavy atom. The van der Waals surface area contributed by atoms with E-state index in [1.54, 1.807) is 42.5 Å². The molecule has 26 heavy (non-hydrogen) atoms. The van der Waals surface area contributed by atoms with E-state index in [4.69, 9.17) is 9.47 Å². The van der Waals surface area contributed by atoms with Crippen LogP contribution in [0.5, 0.6) is 17.2 Å². The summed E-state index contributed by atoms with van der Waals surface area (Å²) in [6.45, 7) is -1.32. The molecule has 0 heterocycles. The molecule has 1 N–H and O–H groups in total. The maximum absolute atomic E-state index is 12.6. The van der Waals surface area contributed by atoms with Gasteiger partial charge >= 0.3 is 6.61 Å². The summed E-state index contributed by atoms with van der Waals surface area (Å²) in [4.78, 5) is 12.2. The van der Waals surface area contributed by atoms with Gasteiger partial charge in [0.05, 0.1) is 13.2 Å². The van der Waals surface area contributed by atoms with Crippen molar-refractivity contribution >= 4 is 5.91 Å². The predicted molar refractivity (Wildman–Crippen MR) is 92.7 cm³/mol. The van der Waals surface area contributed by atoms with Crippen LogP contribution >= 0.6 is 0 Å². The molecule has 1 unspecified atom stereocenters. The van der Waals surface area contributed by atoms with Crippen LogP contribution in [-0.4, -0.2) is 26.2 Å². The summed E-state index contributed by atoms with van der Waals surface area (Å²) in [5, 5.41) is 2.77. The lowest BCUT2D eigenvalue weighted by Crippen LogP contribution is -2.32. The van der Waals surface area contributed by atoms with Crippen molar-refractivity contribution in [1.29, 1.82) is 0 Å². The molecule has 0 spiro atoms. The number of nitrogens with one attached hydrogen (secondary N) is 1. The van der Waals surface area contributed by atoms with E-state index in [2.05, 4.69) is 10.1 Å². The average Bonchev–Trinajstić information content (AvgIpc) is 2.65. The summed E-state index contributed by atoms with van der Waals surface area (Å²) in [6, 6.07) is 12.9. The van der Waals surface area contributed by atoms with Crippen molar-refractivity contribution in [3.63, 3.8) is 0 Å². The van der Waals surface area contributed by atoms with Gasteiger partial charge in [-0.3, -0.25) is 4.79 Å². The Kier molecular flexibility index (Phi) is 7.20. The summed E-state index contributed by atoms with van der Waals surface area (Å²) >= 11 is 0. The molecule has 0 bridgehead atoms. The summed E-state index contributed by atoms with van der Waals surface area (Å²) in [5.41, 5.74) is 0.487. The highest BCUT2D eigenvalue weighted by Crippen LogP contribution is 2.29. The molecule has 0 radical (unpaired) electrons. The Morgan fingerprint density at radius 1 is 1.04 bits per heavy atom. The van der Waals surface area contributed by atoms with Gasteiger partial charge in [0.25, 0.3) is 5.91 Å². The van der Waals surface area contributed by atoms with Crippen LogP contribution in [0.3, 0.4) is 0 Å². The Labute approximate surface area is 150 Å². The molecule has 0 saturated heterocycles. The first-order valence-corrected chi connectivity index (χ1v) is 8.14. The van der Waals surface area contributed by atoms with Gasteiger partial charge in [-0.15, -0.1) is 0 Å². The van der Waals surface area contributed by atoms with E-state index >= 15 is 0 Å². The summed E-state index contributed by atoms with van der Waals surface area (Å²) < 4.78 is 40.3. The lowest BCUT2D eigenvalue weighted by Gasteiger charge is -2.20. The molecule has 0 aliphatic carbocycles. The first-order chi connectivity index (χ1) is 12.5. The third-order valence-corrected chi connectivity index (χ3v) is 3.68. The third-order valence-electron chi connectivity index (χ3n) is 3.68. The van der Waals surface area contributed by atoms with Crippen molar-refractivity contribution in [2.75, 3.05) is 13.7 Å². The molecule has 140 valence electrons. The zero-order chi connectivity index (χ0) is 18.9. The minimum Gasteiger partial charge on any atom is -0.493 e. The number of carbonyl (C=O) groups is 1. The fourth-order valence-corrected chi connectivity index (χ4v) is 2.49. The molecule has 2 aromatic rings. The van der Waals surface area contributed by atoms with Crippen molar-refractivity contribution < 1.29 is 27.8 Å². The second kappa shape index (κ2) is 9.60. The second-order valence-corrected chi connectivity index (χ2v) is 5.38. The number of benzene rings is 2. The van der Waals surface area contributed by atoms with Crippen molar-refractivity contribution in [1.82, 2.24) is 5.32 Å². The van der Waals surface area contributed by atoms with Gasteiger partial charge in [-0.05, 0) is 24.6 Å². The van der Waals surface area contributed by atoms with Crippen LogP contribution in [0.1, 0.15) is 24.9 Å². The Morgan fingerprint density at radius 3 is 2.27 bits per heavy atom. The Balaban J connectivity index is 2.02. The van der Waals surface area contributed by atoms with E-state index < -0.39 is 12.7 Å². The number of ether oxygens (including phenoxy) is 3. The number of hydrogen-bond donors (Lipinski definition) is 1. The predicted octanol–water partition coefficient (Wildman–Crippen LogP) is 3.94. The van der Waals surface area contributed by atoms with Gasteiger partial charge in [-0.2, -0.15) is 8.78 Å². The Hall–Kier alpha value is -2.83. The number of rotatable bonds is 9. The minimum absolute atomic E-state index is 0.0419. The maximum Gasteiger partial charge on any atom is 0.387 e. The zero-order valence-corrected chi connectivity index (χ0v) is 14.6. The summed E-state index contributed by atoms with van der Waals surface area (Å²) in [7, 11) is 1.51. The van der Waals surface area contributed by atoms with Gasteiger partial charge < -0.3 is 19.5 Å². The molecule has 7 heteroatoms. The largest absolute Gasteiger partial charge is 0.493 e. The molecule has 5 nitrogen and oxygen atoms in total. The quantitative estimate of drug-likeness (QED) is 0.731. The van der Waals surface area contributed by atoms with Crippen molar-refractivity contribution in [2.45, 2.75) is 26.0 Å². The number of para-hydroxylation sites is 3. The van der Waals surface area contributed by atoms with Crippen LogP contribution in [0.4, 0.5) is 8.78 Å². The molecule has 0 saturated carbocycles. The zero-order valence-electron chi connectivity index (χ0n) is 14.6. The van der Waals surface area contributed by atoms with Gasteiger partial charge in [0.15, 0.2) is 18.1 Å². The van der Waals surface area contributed by atoms with Gasteiger partial charge in [-0.1, -0.05) is 37.3 Å². The van der Waals surface area contributed by atoms with E-state index in [0.29, 0.717) is 23.5 Å². The topological polar surface area (TPSA) is 56.8 Å². The molecule has 0 aromatic heterocycles. The van der Waals surface area contributed by atoms with Crippen LogP contribution in [-0.2, 0) is 4.79 Å². The number of methoxy groups -OCH3 is 1.